The normalized spacial score (nSPS) is 12.2. The van der Waals surface area contributed by atoms with Gasteiger partial charge in [0, 0.05) is 5.02 Å². The van der Waals surface area contributed by atoms with Crippen molar-refractivity contribution in [1.29, 1.82) is 0 Å². The van der Waals surface area contributed by atoms with Gasteiger partial charge in [-0.15, -0.1) is 11.3 Å². The van der Waals surface area contributed by atoms with Gasteiger partial charge in [0.1, 0.15) is 12.4 Å². The van der Waals surface area contributed by atoms with Crippen LogP contribution in [0, 0.1) is 5.82 Å². The van der Waals surface area contributed by atoms with Crippen LogP contribution in [0.15, 0.2) is 30.3 Å². The molecule has 7 heteroatoms. The molecule has 21 heavy (non-hydrogen) atoms. The third kappa shape index (κ3) is 4.97. The summed E-state index contributed by atoms with van der Waals surface area (Å²) in [6.45, 7) is 0.907. The SMILES string of the molecule is C[NH+](CC(=O)Nc1cc(Cl)ccc1F)Cc1ccc(Cl)s1. The van der Waals surface area contributed by atoms with E-state index in [-0.39, 0.29) is 18.1 Å². The average Bonchev–Trinajstić information content (AvgIpc) is 2.79. The Morgan fingerprint density at radius 3 is 2.76 bits per heavy atom. The van der Waals surface area contributed by atoms with Crippen molar-refractivity contribution in [2.75, 3.05) is 18.9 Å². The summed E-state index contributed by atoms with van der Waals surface area (Å²) in [6.07, 6.45) is 0. The Balaban J connectivity index is 1.90. The zero-order chi connectivity index (χ0) is 15.4. The number of carbonyl (C=O) groups excluding carboxylic acids is 1. The van der Waals surface area contributed by atoms with Crippen LogP contribution in [-0.4, -0.2) is 19.5 Å². The number of hydrogen-bond donors (Lipinski definition) is 2. The molecule has 0 saturated heterocycles. The Hall–Kier alpha value is -1.14. The van der Waals surface area contributed by atoms with E-state index in [0.29, 0.717) is 11.6 Å². The summed E-state index contributed by atoms with van der Waals surface area (Å²) in [5, 5.41) is 2.91. The Morgan fingerprint density at radius 2 is 2.10 bits per heavy atom. The smallest absolute Gasteiger partial charge is 0.279 e. The van der Waals surface area contributed by atoms with Crippen LogP contribution in [0.2, 0.25) is 9.36 Å². The highest BCUT2D eigenvalue weighted by atomic mass is 35.5. The van der Waals surface area contributed by atoms with Gasteiger partial charge in [-0.25, -0.2) is 4.39 Å². The van der Waals surface area contributed by atoms with Gasteiger partial charge in [0.15, 0.2) is 6.54 Å². The van der Waals surface area contributed by atoms with E-state index in [9.17, 15) is 9.18 Å². The quantitative estimate of drug-likeness (QED) is 0.856. The first-order chi connectivity index (χ1) is 9.94. The summed E-state index contributed by atoms with van der Waals surface area (Å²) < 4.78 is 14.2. The van der Waals surface area contributed by atoms with Crippen LogP contribution in [0.4, 0.5) is 10.1 Å². The molecule has 1 aromatic carbocycles. The molecule has 2 rings (SSSR count). The summed E-state index contributed by atoms with van der Waals surface area (Å²) in [7, 11) is 1.89. The van der Waals surface area contributed by atoms with E-state index >= 15 is 0 Å². The van der Waals surface area contributed by atoms with E-state index in [4.69, 9.17) is 23.2 Å². The fraction of sp³-hybridized carbons (Fsp3) is 0.214. The molecule has 1 atom stereocenters. The molecule has 0 aliphatic heterocycles. The molecule has 1 aromatic heterocycles. The summed E-state index contributed by atoms with van der Waals surface area (Å²) in [5.74, 6) is -0.772. The van der Waals surface area contributed by atoms with Gasteiger partial charge in [-0.05, 0) is 30.3 Å². The maximum absolute atomic E-state index is 13.5. The number of anilines is 1. The van der Waals surface area contributed by atoms with Crippen LogP contribution in [0.1, 0.15) is 4.88 Å². The molecule has 0 radical (unpaired) electrons. The Labute approximate surface area is 136 Å². The third-order valence-electron chi connectivity index (χ3n) is 2.77. The molecule has 0 aliphatic carbocycles. The lowest BCUT2D eigenvalue weighted by molar-refractivity contribution is -0.884. The monoisotopic (exact) mass is 347 g/mol. The topological polar surface area (TPSA) is 33.5 Å². The lowest BCUT2D eigenvalue weighted by atomic mass is 10.3. The maximum Gasteiger partial charge on any atom is 0.279 e. The predicted molar refractivity (Wildman–Crippen MR) is 84.8 cm³/mol. The molecule has 0 saturated carbocycles. The highest BCUT2D eigenvalue weighted by Crippen LogP contribution is 2.20. The third-order valence-corrected chi connectivity index (χ3v) is 4.24. The minimum atomic E-state index is -0.504. The first-order valence-corrected chi connectivity index (χ1v) is 7.81. The van der Waals surface area contributed by atoms with Gasteiger partial charge in [-0.3, -0.25) is 4.79 Å². The van der Waals surface area contributed by atoms with Crippen LogP contribution < -0.4 is 10.2 Å². The van der Waals surface area contributed by atoms with E-state index < -0.39 is 5.82 Å². The predicted octanol–water partition coefficient (Wildman–Crippen LogP) is 2.85. The number of quaternary nitrogens is 1. The first-order valence-electron chi connectivity index (χ1n) is 6.24. The highest BCUT2D eigenvalue weighted by molar-refractivity contribution is 7.16. The van der Waals surface area contributed by atoms with Crippen molar-refractivity contribution in [1.82, 2.24) is 0 Å². The number of halogens is 3. The molecule has 3 nitrogen and oxygen atoms in total. The molecule has 0 fully saturated rings. The molecular weight excluding hydrogens is 334 g/mol. The second kappa shape index (κ2) is 7.22. The Morgan fingerprint density at radius 1 is 1.33 bits per heavy atom. The summed E-state index contributed by atoms with van der Waals surface area (Å²) in [4.78, 5) is 14.0. The van der Waals surface area contributed by atoms with Gasteiger partial charge < -0.3 is 10.2 Å². The van der Waals surface area contributed by atoms with Gasteiger partial charge in [0.25, 0.3) is 5.91 Å². The van der Waals surface area contributed by atoms with E-state index in [1.165, 1.54) is 29.5 Å². The number of thiophene rings is 1. The van der Waals surface area contributed by atoms with E-state index in [1.807, 2.05) is 19.2 Å². The largest absolute Gasteiger partial charge is 0.325 e. The second-order valence-corrected chi connectivity index (χ2v) is 6.92. The zero-order valence-electron chi connectivity index (χ0n) is 11.3. The lowest BCUT2D eigenvalue weighted by Gasteiger charge is -2.13. The number of benzene rings is 1. The maximum atomic E-state index is 13.5. The van der Waals surface area contributed by atoms with E-state index in [1.54, 1.807) is 0 Å². The molecule has 0 aliphatic rings. The molecular formula is C14H14Cl2FN2OS+. The standard InChI is InChI=1S/C14H13Cl2FN2OS/c1-19(7-10-3-5-13(16)21-10)8-14(20)18-12-6-9(15)2-4-11(12)17/h2-6H,7-8H2,1H3,(H,18,20)/p+1. The summed E-state index contributed by atoms with van der Waals surface area (Å²) in [6, 6.07) is 7.82. The minimum absolute atomic E-state index is 0.0967. The van der Waals surface area contributed by atoms with Gasteiger partial charge in [0.05, 0.1) is 21.9 Å². The lowest BCUT2D eigenvalue weighted by Crippen LogP contribution is -3.08. The first kappa shape index (κ1) is 16.2. The van der Waals surface area contributed by atoms with Crippen molar-refractivity contribution in [3.05, 3.63) is 50.4 Å². The van der Waals surface area contributed by atoms with Crippen molar-refractivity contribution >= 4 is 46.1 Å². The average molecular weight is 348 g/mol. The molecule has 2 N–H and O–H groups in total. The van der Waals surface area contributed by atoms with Crippen molar-refractivity contribution in [2.24, 2.45) is 0 Å². The zero-order valence-corrected chi connectivity index (χ0v) is 13.6. The fourth-order valence-corrected chi connectivity index (χ4v) is 3.24. The number of nitrogens with one attached hydrogen (secondary N) is 2. The molecule has 112 valence electrons. The van der Waals surface area contributed by atoms with Crippen molar-refractivity contribution in [3.63, 3.8) is 0 Å². The number of likely N-dealkylation sites (N-methyl/N-ethyl adjacent to an activating group) is 1. The summed E-state index contributed by atoms with van der Waals surface area (Å²) >= 11 is 13.1. The second-order valence-electron chi connectivity index (χ2n) is 4.69. The molecule has 1 amide bonds. The van der Waals surface area contributed by atoms with E-state index in [2.05, 4.69) is 5.32 Å². The molecule has 2 aromatic rings. The van der Waals surface area contributed by atoms with Crippen LogP contribution in [0.5, 0.6) is 0 Å². The Kier molecular flexibility index (Phi) is 5.58. The van der Waals surface area contributed by atoms with Crippen LogP contribution in [0.3, 0.4) is 0 Å². The van der Waals surface area contributed by atoms with Gasteiger partial charge in [-0.1, -0.05) is 23.2 Å². The number of carbonyl (C=O) groups is 1. The molecule has 0 bridgehead atoms. The van der Waals surface area contributed by atoms with Gasteiger partial charge >= 0.3 is 0 Å². The van der Waals surface area contributed by atoms with Crippen LogP contribution in [-0.2, 0) is 11.3 Å². The van der Waals surface area contributed by atoms with Crippen LogP contribution >= 0.6 is 34.5 Å². The minimum Gasteiger partial charge on any atom is -0.325 e. The molecule has 1 unspecified atom stereocenters. The number of hydrogen-bond acceptors (Lipinski definition) is 2. The van der Waals surface area contributed by atoms with Crippen molar-refractivity contribution in [3.8, 4) is 0 Å². The summed E-state index contributed by atoms with van der Waals surface area (Å²) in [5.41, 5.74) is 0.0967. The number of amides is 1. The van der Waals surface area contributed by atoms with E-state index in [0.717, 1.165) is 14.1 Å². The number of rotatable bonds is 5. The van der Waals surface area contributed by atoms with Crippen LogP contribution in [0.25, 0.3) is 0 Å². The highest BCUT2D eigenvalue weighted by Gasteiger charge is 2.14. The molecule has 0 spiro atoms. The Bertz CT molecular complexity index is 648. The van der Waals surface area contributed by atoms with Gasteiger partial charge in [-0.2, -0.15) is 0 Å². The molecule has 1 heterocycles. The van der Waals surface area contributed by atoms with Crippen molar-refractivity contribution in [2.45, 2.75) is 6.54 Å². The van der Waals surface area contributed by atoms with Gasteiger partial charge in [0.2, 0.25) is 0 Å². The fourth-order valence-electron chi connectivity index (χ4n) is 1.87. The van der Waals surface area contributed by atoms with Crippen molar-refractivity contribution < 1.29 is 14.1 Å².